The molecule has 388 valence electrons. The molecule has 0 spiro atoms. The fraction of sp³-hybridized carbons (Fsp3) is 0.604. The molecular weight excluding hydrogens is 923 g/mol. The highest BCUT2D eigenvalue weighted by Gasteiger charge is 2.78. The Bertz CT molecular complexity index is 2390. The third-order valence-corrected chi connectivity index (χ3v) is 14.6. The quantitative estimate of drug-likeness (QED) is 0.123. The van der Waals surface area contributed by atoms with E-state index in [0.717, 1.165) is 0 Å². The second kappa shape index (κ2) is 20.5. The lowest BCUT2D eigenvalue weighted by molar-refractivity contribution is -0.347. The molecule has 3 aliphatic carbocycles. The molecule has 18 heteroatoms. The van der Waals surface area contributed by atoms with Gasteiger partial charge in [0.2, 0.25) is 6.10 Å². The summed E-state index contributed by atoms with van der Waals surface area (Å²) in [7, 11) is 2.74. The maximum atomic E-state index is 15.8. The molecule has 3 fully saturated rings. The fourth-order valence-electron chi connectivity index (χ4n) is 10.8. The van der Waals surface area contributed by atoms with Crippen LogP contribution in [0.5, 0.6) is 0 Å². The molecule has 71 heavy (non-hydrogen) atoms. The van der Waals surface area contributed by atoms with Gasteiger partial charge in [0.05, 0.1) is 29.6 Å². The summed E-state index contributed by atoms with van der Waals surface area (Å²) in [6.07, 6.45) is -9.91. The molecule has 2 N–H and O–H groups in total. The van der Waals surface area contributed by atoms with Gasteiger partial charge < -0.3 is 53.1 Å². The van der Waals surface area contributed by atoms with Crippen molar-refractivity contribution in [1.82, 2.24) is 5.32 Å². The Kier molecular flexibility index (Phi) is 15.8. The Morgan fingerprint density at radius 1 is 0.873 bits per heavy atom. The average Bonchev–Trinajstić information content (AvgIpc) is 3.28. The number of ether oxygens (including phenoxy) is 9. The van der Waals surface area contributed by atoms with Crippen molar-refractivity contribution in [1.29, 1.82) is 0 Å². The number of nitrogens with one attached hydrogen (secondary N) is 1. The smallest absolute Gasteiger partial charge is 0.408 e. The van der Waals surface area contributed by atoms with E-state index < -0.39 is 137 Å². The van der Waals surface area contributed by atoms with Crippen molar-refractivity contribution in [3.63, 3.8) is 0 Å². The van der Waals surface area contributed by atoms with E-state index in [4.69, 9.17) is 42.6 Å². The minimum Gasteiger partial charge on any atom is -0.455 e. The largest absolute Gasteiger partial charge is 0.455 e. The fourth-order valence-corrected chi connectivity index (χ4v) is 10.8. The van der Waals surface area contributed by atoms with E-state index in [-0.39, 0.29) is 41.1 Å². The van der Waals surface area contributed by atoms with Gasteiger partial charge >= 0.3 is 30.0 Å². The molecule has 1 heterocycles. The van der Waals surface area contributed by atoms with Gasteiger partial charge in [-0.2, -0.15) is 0 Å². The highest BCUT2D eigenvalue weighted by atomic mass is 16.6. The van der Waals surface area contributed by atoms with Crippen LogP contribution in [0.1, 0.15) is 111 Å². The number of rotatable bonds is 15. The number of carbonyl (C=O) groups is 7. The van der Waals surface area contributed by atoms with Gasteiger partial charge in [0, 0.05) is 44.8 Å². The summed E-state index contributed by atoms with van der Waals surface area (Å²) in [5.41, 5.74) is -8.19. The lowest BCUT2D eigenvalue weighted by Crippen LogP contribution is -2.82. The van der Waals surface area contributed by atoms with Crippen molar-refractivity contribution < 1.29 is 81.3 Å². The topological polar surface area (TPSA) is 235 Å². The maximum Gasteiger partial charge on any atom is 0.408 e. The standard InChI is InChI=1S/C53H69NO17/c1-29-33(67-46(60)41(68-37(57)27-65-26-34(56)48(3,4)5)39(31-20-16-14-17-21-31)54-47(61)71-49(6,7)8)25-53(62)44(69-45(59)32-22-18-15-19-23-32)42-51(11,43(58)40(64-13)38(29)50(53,9)10)35(63-12)24-36-52(42,28-66-36)70-30(2)55/h14-23,33,35-36,39-42,44,62H,24-28H2,1-13H3,(H,54,61)/t33-,35-,36?,39-,40+,41+,42?,44-,51+,52-,53+/m0/s1. The van der Waals surface area contributed by atoms with Crippen molar-refractivity contribution >= 4 is 41.5 Å². The first kappa shape index (κ1) is 54.8. The first-order chi connectivity index (χ1) is 33.1. The maximum absolute atomic E-state index is 15.8. The van der Waals surface area contributed by atoms with E-state index in [1.54, 1.807) is 118 Å². The zero-order chi connectivity index (χ0) is 52.6. The molecule has 2 aromatic carbocycles. The highest BCUT2D eigenvalue weighted by molar-refractivity contribution is 5.94. The number of methoxy groups -OCH3 is 2. The molecule has 18 nitrogen and oxygen atoms in total. The van der Waals surface area contributed by atoms with Gasteiger partial charge in [0.1, 0.15) is 54.9 Å². The third-order valence-electron chi connectivity index (χ3n) is 14.6. The second-order valence-electron chi connectivity index (χ2n) is 21.6. The first-order valence-corrected chi connectivity index (χ1v) is 23.7. The van der Waals surface area contributed by atoms with Crippen molar-refractivity contribution in [2.45, 2.75) is 148 Å². The number of esters is 4. The van der Waals surface area contributed by atoms with Crippen molar-refractivity contribution in [3.05, 3.63) is 82.9 Å². The number of Topliss-reactive ketones (excluding diaryl/α,β-unsaturated/α-hetero) is 2. The van der Waals surface area contributed by atoms with Crippen LogP contribution in [0.15, 0.2) is 71.8 Å². The Morgan fingerprint density at radius 2 is 1.49 bits per heavy atom. The molecule has 4 aliphatic rings. The predicted octanol–water partition coefficient (Wildman–Crippen LogP) is 5.75. The van der Waals surface area contributed by atoms with Crippen molar-refractivity contribution in [2.75, 3.05) is 34.0 Å². The van der Waals surface area contributed by atoms with E-state index in [9.17, 15) is 29.1 Å². The number of hydrogen-bond acceptors (Lipinski definition) is 17. The van der Waals surface area contributed by atoms with Gasteiger partial charge in [0.25, 0.3) is 0 Å². The van der Waals surface area contributed by atoms with Crippen LogP contribution in [0.2, 0.25) is 0 Å². The summed E-state index contributed by atoms with van der Waals surface area (Å²) in [5.74, 6) is -6.17. The molecule has 2 aromatic rings. The van der Waals surface area contributed by atoms with E-state index in [1.807, 2.05) is 0 Å². The predicted molar refractivity (Wildman–Crippen MR) is 252 cm³/mol. The molecular formula is C53H69NO17. The lowest BCUT2D eigenvalue weighted by atomic mass is 9.44. The number of amides is 1. The van der Waals surface area contributed by atoms with E-state index in [0.29, 0.717) is 0 Å². The molecule has 0 aromatic heterocycles. The summed E-state index contributed by atoms with van der Waals surface area (Å²) < 4.78 is 54.3. The van der Waals surface area contributed by atoms with E-state index >= 15 is 9.59 Å². The molecule has 6 rings (SSSR count). The van der Waals surface area contributed by atoms with Crippen LogP contribution in [-0.2, 0) is 66.6 Å². The van der Waals surface area contributed by atoms with Crippen LogP contribution in [-0.4, -0.2) is 134 Å². The third kappa shape index (κ3) is 10.5. The molecule has 11 atom stereocenters. The van der Waals surface area contributed by atoms with Gasteiger partial charge in [-0.3, -0.25) is 14.4 Å². The summed E-state index contributed by atoms with van der Waals surface area (Å²) in [5, 5.41) is 16.6. The molecule has 2 bridgehead atoms. The average molecular weight is 992 g/mol. The Morgan fingerprint density at radius 3 is 2.03 bits per heavy atom. The molecule has 2 saturated carbocycles. The van der Waals surface area contributed by atoms with Crippen molar-refractivity contribution in [3.8, 4) is 0 Å². The number of alkyl carbamates (subject to hydrolysis) is 1. The minimum absolute atomic E-state index is 0.0797. The first-order valence-electron chi connectivity index (χ1n) is 23.7. The number of aliphatic hydroxyl groups is 1. The van der Waals surface area contributed by atoms with Gasteiger partial charge in [-0.1, -0.05) is 83.1 Å². The summed E-state index contributed by atoms with van der Waals surface area (Å²) in [6, 6.07) is 14.7. The molecule has 0 radical (unpaired) electrons. The number of benzene rings is 2. The zero-order valence-corrected chi connectivity index (χ0v) is 42.9. The van der Waals surface area contributed by atoms with Crippen LogP contribution in [0, 0.1) is 22.2 Å². The Hall–Kier alpha value is -5.53. The molecule has 1 saturated heterocycles. The number of carbonyl (C=O) groups excluding carboxylic acids is 7. The van der Waals surface area contributed by atoms with Gasteiger partial charge in [0.15, 0.2) is 17.2 Å². The monoisotopic (exact) mass is 991 g/mol. The molecule has 1 amide bonds. The normalized spacial score (nSPS) is 29.8. The van der Waals surface area contributed by atoms with Crippen LogP contribution in [0.25, 0.3) is 0 Å². The summed E-state index contributed by atoms with van der Waals surface area (Å²) in [6.45, 7) is 16.3. The summed E-state index contributed by atoms with van der Waals surface area (Å²) in [4.78, 5) is 98.6. The van der Waals surface area contributed by atoms with Crippen LogP contribution < -0.4 is 5.32 Å². The van der Waals surface area contributed by atoms with Gasteiger partial charge in [-0.15, -0.1) is 0 Å². The number of fused-ring (bicyclic) bond motifs is 5. The minimum atomic E-state index is -2.32. The number of hydrogen-bond donors (Lipinski definition) is 2. The zero-order valence-electron chi connectivity index (χ0n) is 42.9. The second-order valence-corrected chi connectivity index (χ2v) is 21.6. The van der Waals surface area contributed by atoms with Crippen LogP contribution in [0.3, 0.4) is 0 Å². The van der Waals surface area contributed by atoms with Gasteiger partial charge in [-0.25, -0.2) is 19.2 Å². The highest BCUT2D eigenvalue weighted by Crippen LogP contribution is 2.65. The number of ketones is 2. The van der Waals surface area contributed by atoms with E-state index in [1.165, 1.54) is 33.3 Å². The van der Waals surface area contributed by atoms with Gasteiger partial charge in [-0.05, 0) is 63.5 Å². The Balaban J connectivity index is 1.53. The van der Waals surface area contributed by atoms with E-state index in [2.05, 4.69) is 5.32 Å². The summed E-state index contributed by atoms with van der Waals surface area (Å²) >= 11 is 0. The SMILES string of the molecule is CO[C@H]1C(=O)[C@@]2(C)C([C@H](OC(=O)c3ccccc3)[C@]3(O)C[C@H](OC(=O)[C@H](OC(=O)COCC(=O)C(C)(C)C)[C@@H](NC(=O)OC(C)(C)C)c4ccccc4)C(C)=C1C3(C)C)[C@]1(OC(C)=O)COC1C[C@@H]2OC. The molecule has 1 aliphatic heterocycles. The molecule has 2 unspecified atom stereocenters. The van der Waals surface area contributed by atoms with Crippen molar-refractivity contribution in [2.24, 2.45) is 22.2 Å². The van der Waals surface area contributed by atoms with Crippen LogP contribution >= 0.6 is 0 Å². The van der Waals surface area contributed by atoms with Crippen LogP contribution in [0.4, 0.5) is 4.79 Å². The lowest BCUT2D eigenvalue weighted by Gasteiger charge is -2.67. The Labute approximate surface area is 414 Å².